The van der Waals surface area contributed by atoms with Crippen LogP contribution in [-0.2, 0) is 4.79 Å². The molecule has 2 aromatic rings. The first-order valence-corrected chi connectivity index (χ1v) is 8.37. The maximum atomic E-state index is 12.7. The average Bonchev–Trinajstić information content (AvgIpc) is 2.70. The minimum absolute atomic E-state index is 0.210. The van der Waals surface area contributed by atoms with Crippen molar-refractivity contribution in [1.29, 1.82) is 5.41 Å². The van der Waals surface area contributed by atoms with E-state index in [1.807, 2.05) is 0 Å². The summed E-state index contributed by atoms with van der Waals surface area (Å²) in [6.45, 7) is 0. The second-order valence-corrected chi connectivity index (χ2v) is 5.76. The highest BCUT2D eigenvalue weighted by atomic mass is 16.2. The van der Waals surface area contributed by atoms with E-state index in [-0.39, 0.29) is 11.8 Å². The van der Waals surface area contributed by atoms with Gasteiger partial charge in [0.05, 0.1) is 0 Å². The van der Waals surface area contributed by atoms with E-state index >= 15 is 0 Å². The van der Waals surface area contributed by atoms with Crippen LogP contribution >= 0.6 is 0 Å². The van der Waals surface area contributed by atoms with Gasteiger partial charge in [0.15, 0.2) is 0 Å². The van der Waals surface area contributed by atoms with Gasteiger partial charge >= 0.3 is 0 Å². The Kier molecular flexibility index (Phi) is 6.85. The number of nitrogens with two attached hydrogens (primary N) is 1. The van der Waals surface area contributed by atoms with Crippen LogP contribution in [0.25, 0.3) is 5.57 Å². The number of likely N-dealkylation sites (N-methyl/N-ethyl adjacent to an activating group) is 1. The fourth-order valence-electron chi connectivity index (χ4n) is 2.64. The fraction of sp³-hybridized carbons (Fsp3) is 0.150. The Hall–Kier alpha value is -3.45. The number of nitrogens with one attached hydrogen (secondary N) is 4. The molecule has 0 aliphatic heterocycles. The Morgan fingerprint density at radius 2 is 1.78 bits per heavy atom. The molecule has 0 saturated carbocycles. The van der Waals surface area contributed by atoms with Gasteiger partial charge in [-0.2, -0.15) is 0 Å². The van der Waals surface area contributed by atoms with Gasteiger partial charge in [0.2, 0.25) is 5.91 Å². The molecule has 27 heavy (non-hydrogen) atoms. The van der Waals surface area contributed by atoms with Crippen molar-refractivity contribution >= 4 is 29.3 Å². The first kappa shape index (κ1) is 19.9. The number of hydrogen-bond acceptors (Lipinski definition) is 5. The fourth-order valence-corrected chi connectivity index (χ4v) is 2.64. The number of allylic oxidation sites excluding steroid dienone is 1. The first-order valence-electron chi connectivity index (χ1n) is 8.37. The highest BCUT2D eigenvalue weighted by Crippen LogP contribution is 2.19. The zero-order valence-corrected chi connectivity index (χ0v) is 15.2. The van der Waals surface area contributed by atoms with E-state index in [1.165, 1.54) is 12.4 Å². The molecule has 0 heterocycles. The second kappa shape index (κ2) is 9.30. The highest BCUT2D eigenvalue weighted by Gasteiger charge is 2.20. The minimum atomic E-state index is -0.615. The molecule has 1 atom stereocenters. The van der Waals surface area contributed by atoms with Crippen LogP contribution in [0.2, 0.25) is 0 Å². The van der Waals surface area contributed by atoms with Gasteiger partial charge in [-0.05, 0) is 42.4 Å². The molecule has 140 valence electrons. The molecule has 0 saturated heterocycles. The van der Waals surface area contributed by atoms with Crippen molar-refractivity contribution in [1.82, 2.24) is 10.6 Å². The molecule has 2 aromatic carbocycles. The Balaban J connectivity index is 2.18. The number of carbonyl (C=O) groups is 2. The molecule has 7 nitrogen and oxygen atoms in total. The van der Waals surface area contributed by atoms with Crippen molar-refractivity contribution in [3.05, 3.63) is 71.4 Å². The summed E-state index contributed by atoms with van der Waals surface area (Å²) in [5.74, 6) is -0.460. The van der Waals surface area contributed by atoms with Crippen molar-refractivity contribution in [2.75, 3.05) is 19.4 Å². The Morgan fingerprint density at radius 3 is 2.33 bits per heavy atom. The van der Waals surface area contributed by atoms with E-state index < -0.39 is 6.04 Å². The van der Waals surface area contributed by atoms with E-state index in [0.717, 1.165) is 5.56 Å². The number of hydrogen-bond donors (Lipinski definition) is 5. The van der Waals surface area contributed by atoms with Crippen molar-refractivity contribution in [2.45, 2.75) is 6.04 Å². The van der Waals surface area contributed by atoms with Crippen molar-refractivity contribution < 1.29 is 9.59 Å². The lowest BCUT2D eigenvalue weighted by Gasteiger charge is -2.17. The van der Waals surface area contributed by atoms with Gasteiger partial charge in [-0.3, -0.25) is 9.59 Å². The Bertz CT molecular complexity index is 859. The summed E-state index contributed by atoms with van der Waals surface area (Å²) in [5.41, 5.74) is 8.65. The summed E-state index contributed by atoms with van der Waals surface area (Å²) in [5, 5.41) is 15.7. The van der Waals surface area contributed by atoms with Gasteiger partial charge < -0.3 is 27.1 Å². The monoisotopic (exact) mass is 365 g/mol. The molecule has 1 unspecified atom stereocenters. The molecule has 6 N–H and O–H groups in total. The molecule has 0 radical (unpaired) electrons. The summed E-state index contributed by atoms with van der Waals surface area (Å²) in [6.07, 6.45) is 2.53. The average molecular weight is 365 g/mol. The number of amides is 2. The third-order valence-electron chi connectivity index (χ3n) is 4.08. The normalized spacial score (nSPS) is 12.1. The Labute approximate surface area is 158 Å². The third-order valence-corrected chi connectivity index (χ3v) is 4.08. The van der Waals surface area contributed by atoms with Gasteiger partial charge in [-0.25, -0.2) is 0 Å². The maximum absolute atomic E-state index is 12.7. The molecule has 0 aromatic heterocycles. The zero-order valence-electron chi connectivity index (χ0n) is 15.2. The predicted molar refractivity (Wildman–Crippen MR) is 108 cm³/mol. The molecule has 7 heteroatoms. The number of carbonyl (C=O) groups excluding carboxylic acids is 2. The molecule has 0 aliphatic rings. The summed E-state index contributed by atoms with van der Waals surface area (Å²) in [4.78, 5) is 24.5. The summed E-state index contributed by atoms with van der Waals surface area (Å²) in [7, 11) is 3.24. The van der Waals surface area contributed by atoms with E-state index in [9.17, 15) is 9.59 Å². The van der Waals surface area contributed by atoms with E-state index in [2.05, 4.69) is 16.0 Å². The molecular formula is C20H23N5O2. The lowest BCUT2D eigenvalue weighted by atomic mass is 10.0. The zero-order chi connectivity index (χ0) is 19.8. The summed E-state index contributed by atoms with van der Waals surface area (Å²) < 4.78 is 0. The predicted octanol–water partition coefficient (Wildman–Crippen LogP) is 1.89. The molecule has 0 aliphatic carbocycles. The van der Waals surface area contributed by atoms with Crippen molar-refractivity contribution in [2.24, 2.45) is 5.73 Å². The van der Waals surface area contributed by atoms with Crippen LogP contribution in [0.15, 0.2) is 54.7 Å². The van der Waals surface area contributed by atoms with Crippen LogP contribution in [0.3, 0.4) is 0 Å². The number of benzene rings is 2. The molecular weight excluding hydrogens is 342 g/mol. The summed E-state index contributed by atoms with van der Waals surface area (Å²) in [6, 6.07) is 13.3. The largest absolute Gasteiger partial charge is 0.404 e. The molecule has 0 spiro atoms. The summed E-state index contributed by atoms with van der Waals surface area (Å²) >= 11 is 0. The van der Waals surface area contributed by atoms with Gasteiger partial charge in [0.1, 0.15) is 6.04 Å². The van der Waals surface area contributed by atoms with Crippen LogP contribution in [0.1, 0.15) is 27.5 Å². The lowest BCUT2D eigenvalue weighted by molar-refractivity contribution is -0.118. The van der Waals surface area contributed by atoms with E-state index in [0.29, 0.717) is 22.4 Å². The van der Waals surface area contributed by atoms with Crippen molar-refractivity contribution in [3.8, 4) is 0 Å². The number of rotatable bonds is 7. The molecule has 2 rings (SSSR count). The quantitative estimate of drug-likeness (QED) is 0.481. The smallest absolute Gasteiger partial charge is 0.251 e. The maximum Gasteiger partial charge on any atom is 0.251 e. The molecule has 0 bridgehead atoms. The first-order chi connectivity index (χ1) is 13.0. The number of anilines is 1. The molecule has 0 fully saturated rings. The van der Waals surface area contributed by atoms with Gasteiger partial charge in [0, 0.05) is 36.3 Å². The van der Waals surface area contributed by atoms with Gasteiger partial charge in [0.25, 0.3) is 5.91 Å². The van der Waals surface area contributed by atoms with Gasteiger partial charge in [-0.15, -0.1) is 0 Å². The van der Waals surface area contributed by atoms with Crippen molar-refractivity contribution in [3.63, 3.8) is 0 Å². The van der Waals surface area contributed by atoms with Gasteiger partial charge in [-0.1, -0.05) is 24.3 Å². The van der Waals surface area contributed by atoms with Crippen LogP contribution in [0.5, 0.6) is 0 Å². The van der Waals surface area contributed by atoms with E-state index in [4.69, 9.17) is 11.1 Å². The SMILES string of the molecule is CNC(=O)c1cccc(C(NC)C(=O)Nc2ccc(/C(C=N)=C/N)cc2)c1. The van der Waals surface area contributed by atoms with Crippen LogP contribution in [0, 0.1) is 5.41 Å². The van der Waals surface area contributed by atoms with Crippen LogP contribution in [-0.4, -0.2) is 32.1 Å². The second-order valence-electron chi connectivity index (χ2n) is 5.76. The Morgan fingerprint density at radius 1 is 1.07 bits per heavy atom. The van der Waals surface area contributed by atoms with Crippen LogP contribution in [0.4, 0.5) is 5.69 Å². The third kappa shape index (κ3) is 4.80. The lowest BCUT2D eigenvalue weighted by Crippen LogP contribution is -2.31. The highest BCUT2D eigenvalue weighted by molar-refractivity contribution is 6.08. The van der Waals surface area contributed by atoms with E-state index in [1.54, 1.807) is 62.6 Å². The standard InChI is InChI=1S/C20H23N5O2/c1-23-18(14-4-3-5-15(10-14)19(26)24-2)20(27)25-17-8-6-13(7-9-17)16(11-21)12-22/h3-12,18,21,23H,22H2,1-2H3,(H,24,26)(H,25,27)/b16-12+,21-11?. The minimum Gasteiger partial charge on any atom is -0.404 e. The molecule has 2 amide bonds. The topological polar surface area (TPSA) is 120 Å². The van der Waals surface area contributed by atoms with Crippen LogP contribution < -0.4 is 21.7 Å².